The van der Waals surface area contributed by atoms with Gasteiger partial charge in [0.25, 0.3) is 5.91 Å². The standard InChI is InChI=1S/C21H20Cl2N2O2/c1-11(2)15-9-8-14(10-12(15)3)24-21(26)18-13(4)27-25-20(18)19-16(22)6-5-7-17(19)23/h5-11H,1-4H3,(H,24,26). The molecule has 4 nitrogen and oxygen atoms in total. The Balaban J connectivity index is 1.97. The summed E-state index contributed by atoms with van der Waals surface area (Å²) in [5.74, 6) is 0.495. The van der Waals surface area contributed by atoms with E-state index in [1.165, 1.54) is 5.56 Å². The first kappa shape index (κ1) is 19.5. The van der Waals surface area contributed by atoms with Crippen LogP contribution in [-0.4, -0.2) is 11.1 Å². The molecule has 0 saturated carbocycles. The number of nitrogens with zero attached hydrogens (tertiary/aromatic N) is 1. The zero-order valence-corrected chi connectivity index (χ0v) is 17.1. The molecule has 3 aromatic rings. The number of halogens is 2. The van der Waals surface area contributed by atoms with Crippen LogP contribution in [0.4, 0.5) is 5.69 Å². The highest BCUT2D eigenvalue weighted by atomic mass is 35.5. The maximum atomic E-state index is 12.9. The van der Waals surface area contributed by atoms with Crippen molar-refractivity contribution in [2.45, 2.75) is 33.6 Å². The number of aryl methyl sites for hydroxylation is 2. The van der Waals surface area contributed by atoms with Gasteiger partial charge in [-0.25, -0.2) is 0 Å². The fraction of sp³-hybridized carbons (Fsp3) is 0.238. The fourth-order valence-corrected chi connectivity index (χ4v) is 3.71. The molecule has 0 aliphatic heterocycles. The van der Waals surface area contributed by atoms with Gasteiger partial charge in [-0.15, -0.1) is 0 Å². The van der Waals surface area contributed by atoms with Gasteiger partial charge in [0.15, 0.2) is 0 Å². The van der Waals surface area contributed by atoms with Crippen molar-refractivity contribution in [2.75, 3.05) is 5.32 Å². The average molecular weight is 403 g/mol. The lowest BCUT2D eigenvalue weighted by Crippen LogP contribution is -2.14. The van der Waals surface area contributed by atoms with E-state index in [-0.39, 0.29) is 5.91 Å². The summed E-state index contributed by atoms with van der Waals surface area (Å²) in [5.41, 5.74) is 4.21. The molecule has 0 spiro atoms. The van der Waals surface area contributed by atoms with Gasteiger partial charge < -0.3 is 9.84 Å². The van der Waals surface area contributed by atoms with Gasteiger partial charge in [0.1, 0.15) is 17.0 Å². The lowest BCUT2D eigenvalue weighted by molar-refractivity contribution is 0.102. The Hall–Kier alpha value is -2.30. The second kappa shape index (κ2) is 7.75. The van der Waals surface area contributed by atoms with Gasteiger partial charge in [-0.05, 0) is 55.2 Å². The molecule has 0 fully saturated rings. The van der Waals surface area contributed by atoms with Crippen molar-refractivity contribution in [2.24, 2.45) is 0 Å². The Kier molecular flexibility index (Phi) is 5.59. The minimum absolute atomic E-state index is 0.315. The third-order valence-corrected chi connectivity index (χ3v) is 5.07. The van der Waals surface area contributed by atoms with Crippen LogP contribution in [0.3, 0.4) is 0 Å². The minimum Gasteiger partial charge on any atom is -0.360 e. The quantitative estimate of drug-likeness (QED) is 0.531. The summed E-state index contributed by atoms with van der Waals surface area (Å²) >= 11 is 12.6. The molecule has 1 heterocycles. The summed E-state index contributed by atoms with van der Waals surface area (Å²) in [4.78, 5) is 12.9. The third kappa shape index (κ3) is 3.87. The number of hydrogen-bond donors (Lipinski definition) is 1. The lowest BCUT2D eigenvalue weighted by atomic mass is 9.97. The Bertz CT molecular complexity index is 989. The number of hydrogen-bond acceptors (Lipinski definition) is 3. The van der Waals surface area contributed by atoms with Gasteiger partial charge >= 0.3 is 0 Å². The topological polar surface area (TPSA) is 55.1 Å². The van der Waals surface area contributed by atoms with E-state index < -0.39 is 0 Å². The molecule has 0 aliphatic carbocycles. The number of amides is 1. The van der Waals surface area contributed by atoms with Crippen molar-refractivity contribution in [1.82, 2.24) is 5.16 Å². The molecule has 1 aromatic heterocycles. The highest BCUT2D eigenvalue weighted by molar-refractivity contribution is 6.39. The van der Waals surface area contributed by atoms with Crippen LogP contribution in [0, 0.1) is 13.8 Å². The minimum atomic E-state index is -0.323. The number of nitrogens with one attached hydrogen (secondary N) is 1. The van der Waals surface area contributed by atoms with E-state index in [1.807, 2.05) is 25.1 Å². The highest BCUT2D eigenvalue weighted by Crippen LogP contribution is 2.37. The Morgan fingerprint density at radius 3 is 2.37 bits per heavy atom. The van der Waals surface area contributed by atoms with Crippen molar-refractivity contribution in [3.05, 3.63) is 68.9 Å². The zero-order valence-electron chi connectivity index (χ0n) is 15.6. The summed E-state index contributed by atoms with van der Waals surface area (Å²) in [6.07, 6.45) is 0. The Morgan fingerprint density at radius 1 is 1.11 bits per heavy atom. The van der Waals surface area contributed by atoms with E-state index in [1.54, 1.807) is 25.1 Å². The molecule has 3 rings (SSSR count). The van der Waals surface area contributed by atoms with E-state index in [0.717, 1.165) is 5.56 Å². The Morgan fingerprint density at radius 2 is 1.78 bits per heavy atom. The van der Waals surface area contributed by atoms with Gasteiger partial charge in [-0.2, -0.15) is 0 Å². The summed E-state index contributed by atoms with van der Waals surface area (Å²) in [7, 11) is 0. The number of aromatic nitrogens is 1. The van der Waals surface area contributed by atoms with Crippen LogP contribution in [0.5, 0.6) is 0 Å². The van der Waals surface area contributed by atoms with Crippen molar-refractivity contribution in [1.29, 1.82) is 0 Å². The monoisotopic (exact) mass is 402 g/mol. The molecule has 6 heteroatoms. The third-order valence-electron chi connectivity index (χ3n) is 4.44. The SMILES string of the molecule is Cc1cc(NC(=O)c2c(-c3c(Cl)cccc3Cl)noc2C)ccc1C(C)C. The molecule has 0 bridgehead atoms. The normalized spacial score (nSPS) is 11.1. The first-order valence-electron chi connectivity index (χ1n) is 8.62. The maximum absolute atomic E-state index is 12.9. The van der Waals surface area contributed by atoms with E-state index in [2.05, 4.69) is 24.3 Å². The molecule has 1 amide bonds. The van der Waals surface area contributed by atoms with Crippen LogP contribution in [-0.2, 0) is 0 Å². The first-order valence-corrected chi connectivity index (χ1v) is 9.37. The molecule has 140 valence electrons. The molecule has 0 aliphatic rings. The van der Waals surface area contributed by atoms with Gasteiger partial charge in [0, 0.05) is 11.3 Å². The van der Waals surface area contributed by atoms with Crippen LogP contribution in [0.1, 0.15) is 47.0 Å². The molecular formula is C21H20Cl2N2O2. The number of benzene rings is 2. The van der Waals surface area contributed by atoms with E-state index in [9.17, 15) is 4.79 Å². The number of anilines is 1. The van der Waals surface area contributed by atoms with Crippen molar-refractivity contribution in [3.8, 4) is 11.3 Å². The van der Waals surface area contributed by atoms with E-state index in [4.69, 9.17) is 27.7 Å². The predicted octanol–water partition coefficient (Wildman–Crippen LogP) is 6.64. The molecule has 0 unspecified atom stereocenters. The van der Waals surface area contributed by atoms with Crippen LogP contribution < -0.4 is 5.32 Å². The number of carbonyl (C=O) groups excluding carboxylic acids is 1. The maximum Gasteiger partial charge on any atom is 0.261 e. The summed E-state index contributed by atoms with van der Waals surface area (Å²) in [6.45, 7) is 8.00. The molecule has 1 N–H and O–H groups in total. The van der Waals surface area contributed by atoms with Crippen molar-refractivity contribution >= 4 is 34.8 Å². The van der Waals surface area contributed by atoms with Crippen molar-refractivity contribution < 1.29 is 9.32 Å². The smallest absolute Gasteiger partial charge is 0.261 e. The fourth-order valence-electron chi connectivity index (χ4n) is 3.13. The van der Waals surface area contributed by atoms with Gasteiger partial charge in [0.2, 0.25) is 0 Å². The van der Waals surface area contributed by atoms with Crippen LogP contribution in [0.2, 0.25) is 10.0 Å². The second-order valence-corrected chi connectivity index (χ2v) is 7.55. The van der Waals surface area contributed by atoms with Gasteiger partial charge in [-0.3, -0.25) is 4.79 Å². The van der Waals surface area contributed by atoms with Gasteiger partial charge in [0.05, 0.1) is 10.0 Å². The highest BCUT2D eigenvalue weighted by Gasteiger charge is 2.25. The first-order chi connectivity index (χ1) is 12.8. The van der Waals surface area contributed by atoms with Crippen LogP contribution in [0.15, 0.2) is 40.9 Å². The van der Waals surface area contributed by atoms with Crippen LogP contribution in [0.25, 0.3) is 11.3 Å². The molecule has 27 heavy (non-hydrogen) atoms. The van der Waals surface area contributed by atoms with Crippen molar-refractivity contribution in [3.63, 3.8) is 0 Å². The second-order valence-electron chi connectivity index (χ2n) is 6.74. The lowest BCUT2D eigenvalue weighted by Gasteiger charge is -2.12. The largest absolute Gasteiger partial charge is 0.360 e. The summed E-state index contributed by atoms with van der Waals surface area (Å²) < 4.78 is 5.27. The zero-order chi connectivity index (χ0) is 19.7. The van der Waals surface area contributed by atoms with Gasteiger partial charge in [-0.1, -0.05) is 54.3 Å². The van der Waals surface area contributed by atoms with Crippen LogP contribution >= 0.6 is 23.2 Å². The number of rotatable bonds is 4. The molecule has 0 saturated heterocycles. The predicted molar refractivity (Wildman–Crippen MR) is 110 cm³/mol. The molecule has 0 atom stereocenters. The Labute approximate surface area is 168 Å². The van der Waals surface area contributed by atoms with E-state index in [0.29, 0.717) is 44.2 Å². The summed E-state index contributed by atoms with van der Waals surface area (Å²) in [5, 5.41) is 7.75. The van der Waals surface area contributed by atoms with E-state index >= 15 is 0 Å². The average Bonchev–Trinajstić information content (AvgIpc) is 2.96. The molecule has 2 aromatic carbocycles. The number of carbonyl (C=O) groups is 1. The summed E-state index contributed by atoms with van der Waals surface area (Å²) in [6, 6.07) is 11.0. The molecule has 0 radical (unpaired) electrons. The molecular weight excluding hydrogens is 383 g/mol.